The molecular formula is C15H29NO2. The monoisotopic (exact) mass is 255 g/mol. The number of hydrogen-bond donors (Lipinski definition) is 0. The van der Waals surface area contributed by atoms with E-state index in [0.717, 1.165) is 31.6 Å². The molecule has 2 atom stereocenters. The summed E-state index contributed by atoms with van der Waals surface area (Å²) >= 11 is 0. The zero-order valence-electron chi connectivity index (χ0n) is 12.1. The summed E-state index contributed by atoms with van der Waals surface area (Å²) in [5.74, 6) is 1.95. The fraction of sp³-hybridized carbons (Fsp3) is 1.00. The number of piperidine rings is 1. The number of likely N-dealkylation sites (tertiary alicyclic amines) is 1. The normalized spacial score (nSPS) is 29.5. The van der Waals surface area contributed by atoms with Crippen LogP contribution in [0, 0.1) is 11.8 Å². The zero-order valence-corrected chi connectivity index (χ0v) is 12.1. The SMILES string of the molecule is CCOC(CN1CCC2CCCCC2C1)OCC. The van der Waals surface area contributed by atoms with Gasteiger partial charge < -0.3 is 9.47 Å². The van der Waals surface area contributed by atoms with Crippen molar-refractivity contribution < 1.29 is 9.47 Å². The molecule has 1 heterocycles. The van der Waals surface area contributed by atoms with Crippen molar-refractivity contribution in [2.75, 3.05) is 32.8 Å². The van der Waals surface area contributed by atoms with Crippen molar-refractivity contribution in [3.05, 3.63) is 0 Å². The number of nitrogens with zero attached hydrogens (tertiary/aromatic N) is 1. The van der Waals surface area contributed by atoms with Crippen LogP contribution < -0.4 is 0 Å². The molecule has 1 saturated carbocycles. The molecule has 0 N–H and O–H groups in total. The van der Waals surface area contributed by atoms with Gasteiger partial charge in [0.2, 0.25) is 0 Å². The predicted octanol–water partition coefficient (Wildman–Crippen LogP) is 2.90. The molecule has 2 aliphatic rings. The topological polar surface area (TPSA) is 21.7 Å². The number of fused-ring (bicyclic) bond motifs is 1. The van der Waals surface area contributed by atoms with E-state index in [0.29, 0.717) is 0 Å². The standard InChI is InChI=1S/C15H29NO2/c1-3-17-15(18-4-2)12-16-10-9-13-7-5-6-8-14(13)11-16/h13-15H,3-12H2,1-2H3. The highest BCUT2D eigenvalue weighted by Gasteiger charge is 2.31. The summed E-state index contributed by atoms with van der Waals surface area (Å²) in [7, 11) is 0. The first-order valence-corrected chi connectivity index (χ1v) is 7.79. The summed E-state index contributed by atoms with van der Waals surface area (Å²) in [5, 5.41) is 0. The molecular weight excluding hydrogens is 226 g/mol. The van der Waals surface area contributed by atoms with Crippen molar-refractivity contribution in [3.63, 3.8) is 0 Å². The van der Waals surface area contributed by atoms with Crippen LogP contribution in [0.2, 0.25) is 0 Å². The van der Waals surface area contributed by atoms with E-state index in [1.165, 1.54) is 45.2 Å². The predicted molar refractivity (Wildman–Crippen MR) is 73.5 cm³/mol. The van der Waals surface area contributed by atoms with E-state index in [9.17, 15) is 0 Å². The van der Waals surface area contributed by atoms with Gasteiger partial charge in [-0.2, -0.15) is 0 Å². The average molecular weight is 255 g/mol. The maximum atomic E-state index is 5.66. The molecule has 3 heteroatoms. The Morgan fingerprint density at radius 2 is 1.67 bits per heavy atom. The first kappa shape index (κ1) is 14.3. The Morgan fingerprint density at radius 3 is 2.33 bits per heavy atom. The minimum atomic E-state index is -0.0276. The van der Waals surface area contributed by atoms with Gasteiger partial charge in [-0.1, -0.05) is 19.3 Å². The molecule has 2 unspecified atom stereocenters. The van der Waals surface area contributed by atoms with Crippen LogP contribution in [0.4, 0.5) is 0 Å². The van der Waals surface area contributed by atoms with Gasteiger partial charge in [0.05, 0.1) is 0 Å². The van der Waals surface area contributed by atoms with Crippen molar-refractivity contribution in [1.82, 2.24) is 4.90 Å². The molecule has 1 aliphatic carbocycles. The summed E-state index contributed by atoms with van der Waals surface area (Å²) in [6, 6.07) is 0. The fourth-order valence-electron chi connectivity index (χ4n) is 3.58. The molecule has 106 valence electrons. The fourth-order valence-corrected chi connectivity index (χ4v) is 3.58. The van der Waals surface area contributed by atoms with E-state index in [4.69, 9.17) is 9.47 Å². The zero-order chi connectivity index (χ0) is 12.8. The van der Waals surface area contributed by atoms with Gasteiger partial charge in [0.15, 0.2) is 6.29 Å². The maximum Gasteiger partial charge on any atom is 0.170 e. The summed E-state index contributed by atoms with van der Waals surface area (Å²) in [4.78, 5) is 2.56. The van der Waals surface area contributed by atoms with Crippen LogP contribution in [0.15, 0.2) is 0 Å². The third-order valence-electron chi connectivity index (χ3n) is 4.49. The molecule has 3 nitrogen and oxygen atoms in total. The largest absolute Gasteiger partial charge is 0.352 e. The second-order valence-corrected chi connectivity index (χ2v) is 5.69. The Labute approximate surface area is 112 Å². The van der Waals surface area contributed by atoms with E-state index in [2.05, 4.69) is 4.90 Å². The van der Waals surface area contributed by atoms with Gasteiger partial charge in [-0.15, -0.1) is 0 Å². The Balaban J connectivity index is 1.78. The summed E-state index contributed by atoms with van der Waals surface area (Å²) in [6.45, 7) is 9.01. The Hall–Kier alpha value is -0.120. The Kier molecular flexibility index (Phi) is 5.93. The average Bonchev–Trinajstić information content (AvgIpc) is 2.39. The molecule has 1 saturated heterocycles. The van der Waals surface area contributed by atoms with Gasteiger partial charge in [0.1, 0.15) is 0 Å². The van der Waals surface area contributed by atoms with Gasteiger partial charge >= 0.3 is 0 Å². The lowest BCUT2D eigenvalue weighted by Gasteiger charge is -2.42. The van der Waals surface area contributed by atoms with Gasteiger partial charge in [0, 0.05) is 26.3 Å². The molecule has 0 aromatic rings. The Morgan fingerprint density at radius 1 is 1.00 bits per heavy atom. The minimum absolute atomic E-state index is 0.0276. The highest BCUT2D eigenvalue weighted by atomic mass is 16.7. The van der Waals surface area contributed by atoms with Crippen molar-refractivity contribution in [2.24, 2.45) is 11.8 Å². The van der Waals surface area contributed by atoms with E-state index >= 15 is 0 Å². The van der Waals surface area contributed by atoms with Crippen LogP contribution in [-0.2, 0) is 9.47 Å². The first-order valence-electron chi connectivity index (χ1n) is 7.79. The molecule has 0 bridgehead atoms. The van der Waals surface area contributed by atoms with Crippen LogP contribution in [-0.4, -0.2) is 44.0 Å². The lowest BCUT2D eigenvalue weighted by atomic mass is 9.75. The smallest absolute Gasteiger partial charge is 0.170 e. The van der Waals surface area contributed by atoms with Crippen molar-refractivity contribution in [2.45, 2.75) is 52.2 Å². The van der Waals surface area contributed by atoms with Crippen LogP contribution in [0.5, 0.6) is 0 Å². The summed E-state index contributed by atoms with van der Waals surface area (Å²) < 4.78 is 11.3. The summed E-state index contributed by atoms with van der Waals surface area (Å²) in [5.41, 5.74) is 0. The second kappa shape index (κ2) is 7.46. The third kappa shape index (κ3) is 3.94. The lowest BCUT2D eigenvalue weighted by molar-refractivity contribution is -0.151. The molecule has 2 rings (SSSR count). The van der Waals surface area contributed by atoms with Crippen LogP contribution >= 0.6 is 0 Å². The molecule has 0 aromatic carbocycles. The van der Waals surface area contributed by atoms with Crippen molar-refractivity contribution in [3.8, 4) is 0 Å². The Bertz CT molecular complexity index is 229. The molecule has 2 fully saturated rings. The third-order valence-corrected chi connectivity index (χ3v) is 4.49. The highest BCUT2D eigenvalue weighted by molar-refractivity contribution is 4.83. The second-order valence-electron chi connectivity index (χ2n) is 5.69. The number of rotatable bonds is 6. The number of ether oxygens (including phenoxy) is 2. The summed E-state index contributed by atoms with van der Waals surface area (Å²) in [6.07, 6.45) is 7.17. The first-order chi connectivity index (χ1) is 8.83. The molecule has 0 amide bonds. The van der Waals surface area contributed by atoms with Gasteiger partial charge in [-0.3, -0.25) is 4.90 Å². The van der Waals surface area contributed by atoms with Crippen molar-refractivity contribution >= 4 is 0 Å². The molecule has 0 spiro atoms. The minimum Gasteiger partial charge on any atom is -0.352 e. The van der Waals surface area contributed by atoms with E-state index in [1.54, 1.807) is 0 Å². The van der Waals surface area contributed by atoms with E-state index in [1.807, 2.05) is 13.8 Å². The quantitative estimate of drug-likeness (QED) is 0.681. The molecule has 0 aromatic heterocycles. The molecule has 0 radical (unpaired) electrons. The lowest BCUT2D eigenvalue weighted by Crippen LogP contribution is -2.45. The number of hydrogen-bond acceptors (Lipinski definition) is 3. The van der Waals surface area contributed by atoms with Crippen LogP contribution in [0.25, 0.3) is 0 Å². The van der Waals surface area contributed by atoms with Crippen molar-refractivity contribution in [1.29, 1.82) is 0 Å². The van der Waals surface area contributed by atoms with Crippen LogP contribution in [0.3, 0.4) is 0 Å². The van der Waals surface area contributed by atoms with Crippen LogP contribution in [0.1, 0.15) is 46.0 Å². The van der Waals surface area contributed by atoms with E-state index in [-0.39, 0.29) is 6.29 Å². The van der Waals surface area contributed by atoms with E-state index < -0.39 is 0 Å². The highest BCUT2D eigenvalue weighted by Crippen LogP contribution is 2.36. The van der Waals surface area contributed by atoms with Gasteiger partial charge in [-0.05, 0) is 45.1 Å². The molecule has 1 aliphatic heterocycles. The van der Waals surface area contributed by atoms with Gasteiger partial charge in [-0.25, -0.2) is 0 Å². The maximum absolute atomic E-state index is 5.66. The van der Waals surface area contributed by atoms with Gasteiger partial charge in [0.25, 0.3) is 0 Å². The molecule has 18 heavy (non-hydrogen) atoms.